The fourth-order valence-corrected chi connectivity index (χ4v) is 5.78. The number of fused-ring (bicyclic) bond motifs is 1. The number of nitrogens with one attached hydrogen (secondary N) is 1. The van der Waals surface area contributed by atoms with Crippen molar-refractivity contribution in [1.29, 1.82) is 0 Å². The van der Waals surface area contributed by atoms with E-state index in [2.05, 4.69) is 5.32 Å². The summed E-state index contributed by atoms with van der Waals surface area (Å²) in [5.41, 5.74) is 0.859. The summed E-state index contributed by atoms with van der Waals surface area (Å²) in [7, 11) is -2.64. The predicted octanol–water partition coefficient (Wildman–Crippen LogP) is 3.12. The van der Waals surface area contributed by atoms with Gasteiger partial charge in [-0.25, -0.2) is 18.0 Å². The number of rotatable bonds is 6. The Morgan fingerprint density at radius 3 is 2.53 bits per heavy atom. The van der Waals surface area contributed by atoms with Gasteiger partial charge in [-0.05, 0) is 43.2 Å². The van der Waals surface area contributed by atoms with Crippen molar-refractivity contribution in [3.8, 4) is 0 Å². The van der Waals surface area contributed by atoms with Crippen molar-refractivity contribution in [2.75, 3.05) is 31.3 Å². The number of amides is 2. The van der Waals surface area contributed by atoms with E-state index in [0.717, 1.165) is 11.3 Å². The third-order valence-corrected chi connectivity index (χ3v) is 7.73. The number of anilines is 1. The highest BCUT2D eigenvalue weighted by Gasteiger charge is 2.32. The number of esters is 1. The third-order valence-electron chi connectivity index (χ3n) is 4.72. The number of hydrogen-bond donors (Lipinski definition) is 1. The second-order valence-electron chi connectivity index (χ2n) is 6.83. The number of halogens is 1. The van der Waals surface area contributed by atoms with Gasteiger partial charge in [0.15, 0.2) is 9.84 Å². The zero-order chi connectivity index (χ0) is 23.5. The normalized spacial score (nSPS) is 13.3. The molecule has 0 saturated heterocycles. The van der Waals surface area contributed by atoms with E-state index in [1.165, 1.54) is 36.3 Å². The highest BCUT2D eigenvalue weighted by molar-refractivity contribution is 7.92. The number of ether oxygens (including phenoxy) is 2. The van der Waals surface area contributed by atoms with Crippen molar-refractivity contribution in [3.05, 3.63) is 45.3 Å². The molecule has 12 heteroatoms. The molecule has 0 saturated carbocycles. The van der Waals surface area contributed by atoms with Crippen LogP contribution in [0.15, 0.2) is 29.2 Å². The topological polar surface area (TPSA) is 119 Å². The van der Waals surface area contributed by atoms with Crippen LogP contribution in [-0.4, -0.2) is 57.3 Å². The Labute approximate surface area is 194 Å². The van der Waals surface area contributed by atoms with Gasteiger partial charge in [0.2, 0.25) is 5.91 Å². The lowest BCUT2D eigenvalue weighted by Gasteiger charge is -2.25. The lowest BCUT2D eigenvalue weighted by atomic mass is 10.0. The number of sulfone groups is 1. The molecule has 0 fully saturated rings. The van der Waals surface area contributed by atoms with E-state index in [1.54, 1.807) is 6.92 Å². The van der Waals surface area contributed by atoms with Crippen LogP contribution in [0.5, 0.6) is 0 Å². The van der Waals surface area contributed by atoms with E-state index in [1.807, 2.05) is 0 Å². The maximum Gasteiger partial charge on any atom is 0.409 e. The van der Waals surface area contributed by atoms with Gasteiger partial charge in [-0.2, -0.15) is 0 Å². The van der Waals surface area contributed by atoms with Crippen LogP contribution >= 0.6 is 22.9 Å². The summed E-state index contributed by atoms with van der Waals surface area (Å²) in [6.45, 7) is 2.34. The van der Waals surface area contributed by atoms with Gasteiger partial charge in [-0.3, -0.25) is 4.79 Å². The van der Waals surface area contributed by atoms with Gasteiger partial charge in [0, 0.05) is 16.4 Å². The molecule has 0 radical (unpaired) electrons. The Balaban J connectivity index is 1.86. The second kappa shape index (κ2) is 9.88. The molecule has 1 aromatic carbocycles. The lowest BCUT2D eigenvalue weighted by molar-refractivity contribution is -0.113. The molecule has 0 spiro atoms. The number of thiophene rings is 1. The Bertz CT molecular complexity index is 1140. The fourth-order valence-electron chi connectivity index (χ4n) is 3.26. The number of carbonyl (C=O) groups is 3. The van der Waals surface area contributed by atoms with Crippen molar-refractivity contribution in [3.63, 3.8) is 0 Å². The van der Waals surface area contributed by atoms with E-state index in [-0.39, 0.29) is 28.6 Å². The molecule has 0 aliphatic carbocycles. The standard InChI is InChI=1S/C20H21ClN2O7S2/c1-3-30-19(25)17-14-8-9-23(20(26)29-2)10-15(14)31-18(17)22-16(24)11-32(27,28)13-6-4-12(21)5-7-13/h4-7H,3,8-11H2,1-2H3,(H,22,24). The summed E-state index contributed by atoms with van der Waals surface area (Å²) in [5.74, 6) is -2.23. The van der Waals surface area contributed by atoms with Gasteiger partial charge in [-0.1, -0.05) is 11.6 Å². The van der Waals surface area contributed by atoms with E-state index in [0.29, 0.717) is 28.4 Å². The van der Waals surface area contributed by atoms with E-state index in [9.17, 15) is 22.8 Å². The molecule has 0 unspecified atom stereocenters. The Hall–Kier alpha value is -2.63. The third kappa shape index (κ3) is 5.22. The zero-order valence-corrected chi connectivity index (χ0v) is 19.7. The maximum atomic E-state index is 12.6. The quantitative estimate of drug-likeness (QED) is 0.605. The van der Waals surface area contributed by atoms with Crippen LogP contribution in [0.3, 0.4) is 0 Å². The van der Waals surface area contributed by atoms with Crippen molar-refractivity contribution in [2.24, 2.45) is 0 Å². The van der Waals surface area contributed by atoms with Gasteiger partial charge < -0.3 is 19.7 Å². The average molecular weight is 501 g/mol. The van der Waals surface area contributed by atoms with Gasteiger partial charge in [0.05, 0.1) is 30.7 Å². The summed E-state index contributed by atoms with van der Waals surface area (Å²) < 4.78 is 35.0. The van der Waals surface area contributed by atoms with Crippen molar-refractivity contribution < 1.29 is 32.3 Å². The zero-order valence-electron chi connectivity index (χ0n) is 17.3. The van der Waals surface area contributed by atoms with Gasteiger partial charge in [0.1, 0.15) is 10.8 Å². The molecule has 2 heterocycles. The van der Waals surface area contributed by atoms with Crippen molar-refractivity contribution >= 4 is 55.7 Å². The van der Waals surface area contributed by atoms with Crippen LogP contribution < -0.4 is 5.32 Å². The molecule has 1 aliphatic rings. The fraction of sp³-hybridized carbons (Fsp3) is 0.350. The largest absolute Gasteiger partial charge is 0.462 e. The smallest absolute Gasteiger partial charge is 0.409 e. The molecular formula is C20H21ClN2O7S2. The Kier molecular flexibility index (Phi) is 7.42. The molecule has 0 atom stereocenters. The number of benzene rings is 1. The highest BCUT2D eigenvalue weighted by atomic mass is 35.5. The van der Waals surface area contributed by atoms with Crippen LogP contribution in [-0.2, 0) is 37.1 Å². The predicted molar refractivity (Wildman–Crippen MR) is 119 cm³/mol. The van der Waals surface area contributed by atoms with E-state index >= 15 is 0 Å². The van der Waals surface area contributed by atoms with Crippen molar-refractivity contribution in [1.82, 2.24) is 4.90 Å². The second-order valence-corrected chi connectivity index (χ2v) is 10.4. The monoisotopic (exact) mass is 500 g/mol. The average Bonchev–Trinajstić information content (AvgIpc) is 3.09. The minimum absolute atomic E-state index is 0.0399. The summed E-state index contributed by atoms with van der Waals surface area (Å²) in [6.07, 6.45) is -0.130. The molecule has 2 aromatic rings. The summed E-state index contributed by atoms with van der Waals surface area (Å²) >= 11 is 6.89. The Morgan fingerprint density at radius 1 is 1.22 bits per heavy atom. The number of methoxy groups -OCH3 is 1. The first-order valence-corrected chi connectivity index (χ1v) is 12.4. The molecule has 0 bridgehead atoms. The van der Waals surface area contributed by atoms with Crippen LogP contribution in [0.1, 0.15) is 27.7 Å². The minimum atomic E-state index is -3.92. The molecule has 1 aromatic heterocycles. The highest BCUT2D eigenvalue weighted by Crippen LogP contribution is 2.38. The van der Waals surface area contributed by atoms with Gasteiger partial charge >= 0.3 is 12.1 Å². The molecule has 2 amide bonds. The number of nitrogens with zero attached hydrogens (tertiary/aromatic N) is 1. The molecule has 3 rings (SSSR count). The molecule has 9 nitrogen and oxygen atoms in total. The Morgan fingerprint density at radius 2 is 1.91 bits per heavy atom. The molecule has 1 aliphatic heterocycles. The molecule has 32 heavy (non-hydrogen) atoms. The van der Waals surface area contributed by atoms with Crippen molar-refractivity contribution in [2.45, 2.75) is 24.8 Å². The first kappa shape index (κ1) is 24.0. The van der Waals surface area contributed by atoms with Crippen LogP contribution in [0, 0.1) is 0 Å². The van der Waals surface area contributed by atoms with Crippen LogP contribution in [0.25, 0.3) is 0 Å². The molecule has 172 valence electrons. The first-order chi connectivity index (χ1) is 15.2. The van der Waals surface area contributed by atoms with Crippen LogP contribution in [0.2, 0.25) is 5.02 Å². The van der Waals surface area contributed by atoms with E-state index in [4.69, 9.17) is 21.1 Å². The maximum absolute atomic E-state index is 12.6. The first-order valence-electron chi connectivity index (χ1n) is 9.59. The number of hydrogen-bond acceptors (Lipinski definition) is 8. The molecular weight excluding hydrogens is 480 g/mol. The lowest BCUT2D eigenvalue weighted by Crippen LogP contribution is -2.35. The van der Waals surface area contributed by atoms with Gasteiger partial charge in [0.25, 0.3) is 0 Å². The summed E-state index contributed by atoms with van der Waals surface area (Å²) in [4.78, 5) is 39.2. The van der Waals surface area contributed by atoms with E-state index < -0.39 is 33.6 Å². The number of carbonyl (C=O) groups excluding carboxylic acids is 3. The minimum Gasteiger partial charge on any atom is -0.462 e. The molecule has 1 N–H and O–H groups in total. The van der Waals surface area contributed by atoms with Gasteiger partial charge in [-0.15, -0.1) is 11.3 Å². The summed E-state index contributed by atoms with van der Waals surface area (Å²) in [5, 5.41) is 3.11. The SMILES string of the molecule is CCOC(=O)c1c(NC(=O)CS(=O)(=O)c2ccc(Cl)cc2)sc2c1CCN(C(=O)OC)C2. The summed E-state index contributed by atoms with van der Waals surface area (Å²) in [6, 6.07) is 5.48. The van der Waals surface area contributed by atoms with Crippen LogP contribution in [0.4, 0.5) is 9.80 Å².